The molecule has 0 radical (unpaired) electrons. The van der Waals surface area contributed by atoms with Crippen LogP contribution in [0.15, 0.2) is 53.3 Å². The summed E-state index contributed by atoms with van der Waals surface area (Å²) in [7, 11) is 0. The third-order valence-corrected chi connectivity index (χ3v) is 6.79. The van der Waals surface area contributed by atoms with Crippen LogP contribution < -0.4 is 15.8 Å². The van der Waals surface area contributed by atoms with Gasteiger partial charge in [-0.1, -0.05) is 37.1 Å². The molecule has 4 aromatic rings. The molecular formula is C27H29N3O5. The highest BCUT2D eigenvalue weighted by molar-refractivity contribution is 6.15. The van der Waals surface area contributed by atoms with Crippen LogP contribution in [0.25, 0.3) is 21.7 Å². The summed E-state index contributed by atoms with van der Waals surface area (Å²) in [4.78, 5) is 16.5. The minimum atomic E-state index is -1.13. The molecule has 1 unspecified atom stereocenters. The molecule has 0 amide bonds. The quantitative estimate of drug-likeness (QED) is 0.276. The van der Waals surface area contributed by atoms with Crippen molar-refractivity contribution >= 4 is 27.7 Å². The number of nitrogens with zero attached hydrogens (tertiary/aromatic N) is 1. The number of phenols is 1. The number of fused-ring (bicyclic) bond motifs is 3. The largest absolute Gasteiger partial charge is 0.507 e. The molecule has 0 spiro atoms. The van der Waals surface area contributed by atoms with E-state index in [1.807, 2.05) is 24.3 Å². The molecule has 5 rings (SSSR count). The van der Waals surface area contributed by atoms with Gasteiger partial charge in [-0.25, -0.2) is 9.78 Å². The number of benzene rings is 2. The van der Waals surface area contributed by atoms with E-state index < -0.39 is 12.0 Å². The molecule has 2 aromatic heterocycles. The zero-order valence-electron chi connectivity index (χ0n) is 19.4. The van der Waals surface area contributed by atoms with Gasteiger partial charge in [0.1, 0.15) is 23.2 Å². The van der Waals surface area contributed by atoms with Crippen LogP contribution in [-0.2, 0) is 0 Å². The summed E-state index contributed by atoms with van der Waals surface area (Å²) < 4.78 is 11.8. The van der Waals surface area contributed by atoms with Crippen LogP contribution in [0.3, 0.4) is 0 Å². The molecule has 35 heavy (non-hydrogen) atoms. The van der Waals surface area contributed by atoms with E-state index in [-0.39, 0.29) is 11.3 Å². The van der Waals surface area contributed by atoms with Crippen molar-refractivity contribution in [3.63, 3.8) is 0 Å². The highest BCUT2D eigenvalue weighted by atomic mass is 16.5. The van der Waals surface area contributed by atoms with Gasteiger partial charge in [0.2, 0.25) is 5.88 Å². The van der Waals surface area contributed by atoms with Crippen LogP contribution in [-0.4, -0.2) is 40.9 Å². The van der Waals surface area contributed by atoms with Crippen molar-refractivity contribution in [2.24, 2.45) is 11.7 Å². The van der Waals surface area contributed by atoms with E-state index in [1.54, 1.807) is 18.3 Å². The lowest BCUT2D eigenvalue weighted by Crippen LogP contribution is -2.28. The number of carbonyl (C=O) groups is 1. The Bertz CT molecular complexity index is 1360. The summed E-state index contributed by atoms with van der Waals surface area (Å²) in [5.41, 5.74) is 7.41. The standard InChI is InChI=1S/C27H29N3O5/c28-10-12-30-24(17-9-11-29-21(13-17)34-14-16-5-1-2-6-16)23-22-20(27(32)33)15-35-26(22)19-8-4-3-7-18(19)25(23)31/h3-4,7-9,11,13,15-16,24,30-31H,1-2,5-6,10,12,14,28H2,(H,32,33). The Balaban J connectivity index is 1.65. The van der Waals surface area contributed by atoms with E-state index in [1.165, 1.54) is 31.9 Å². The van der Waals surface area contributed by atoms with Gasteiger partial charge in [-0.2, -0.15) is 0 Å². The highest BCUT2D eigenvalue weighted by Crippen LogP contribution is 2.44. The fourth-order valence-electron chi connectivity index (χ4n) is 5.09. The molecule has 0 saturated heterocycles. The number of nitrogens with two attached hydrogens (primary N) is 1. The number of hydrogen-bond donors (Lipinski definition) is 4. The molecule has 1 aliphatic carbocycles. The monoisotopic (exact) mass is 475 g/mol. The van der Waals surface area contributed by atoms with Crippen molar-refractivity contribution in [2.45, 2.75) is 31.7 Å². The van der Waals surface area contributed by atoms with Crippen LogP contribution in [0.1, 0.15) is 53.2 Å². The third kappa shape index (κ3) is 4.42. The molecule has 8 nitrogen and oxygen atoms in total. The average molecular weight is 476 g/mol. The Morgan fingerprint density at radius 3 is 2.74 bits per heavy atom. The zero-order chi connectivity index (χ0) is 24.4. The summed E-state index contributed by atoms with van der Waals surface area (Å²) in [6.45, 7) is 1.42. The predicted octanol–water partition coefficient (Wildman–Crippen LogP) is 4.59. The Morgan fingerprint density at radius 1 is 1.23 bits per heavy atom. The molecule has 1 saturated carbocycles. The number of hydrogen-bond acceptors (Lipinski definition) is 7. The van der Waals surface area contributed by atoms with Gasteiger partial charge in [0.05, 0.1) is 12.6 Å². The maximum atomic E-state index is 12.1. The van der Waals surface area contributed by atoms with Gasteiger partial charge in [-0.15, -0.1) is 0 Å². The lowest BCUT2D eigenvalue weighted by Gasteiger charge is -2.23. The van der Waals surface area contributed by atoms with Crippen LogP contribution in [0.2, 0.25) is 0 Å². The Morgan fingerprint density at radius 2 is 2.00 bits per heavy atom. The number of rotatable bonds is 9. The van der Waals surface area contributed by atoms with Gasteiger partial charge in [0, 0.05) is 47.1 Å². The fraction of sp³-hybridized carbons (Fsp3) is 0.333. The number of aromatic nitrogens is 1. The van der Waals surface area contributed by atoms with Gasteiger partial charge in [0.15, 0.2) is 0 Å². The first-order valence-electron chi connectivity index (χ1n) is 12.0. The minimum absolute atomic E-state index is 0.00300. The van der Waals surface area contributed by atoms with Gasteiger partial charge >= 0.3 is 5.97 Å². The molecule has 0 bridgehead atoms. The number of ether oxygens (including phenoxy) is 1. The highest BCUT2D eigenvalue weighted by Gasteiger charge is 2.29. The summed E-state index contributed by atoms with van der Waals surface area (Å²) in [5, 5.41) is 26.3. The molecule has 2 aromatic carbocycles. The van der Waals surface area contributed by atoms with Gasteiger partial charge in [0.25, 0.3) is 0 Å². The number of aromatic carboxylic acids is 1. The number of carboxylic acids is 1. The van der Waals surface area contributed by atoms with Gasteiger partial charge < -0.3 is 30.4 Å². The number of furan rings is 1. The number of phenolic OH excluding ortho intramolecular Hbond substituents is 1. The smallest absolute Gasteiger partial charge is 0.339 e. The average Bonchev–Trinajstić information content (AvgIpc) is 3.55. The predicted molar refractivity (Wildman–Crippen MR) is 133 cm³/mol. The third-order valence-electron chi connectivity index (χ3n) is 6.79. The SMILES string of the molecule is NCCNC(c1ccnc(OCC2CCCC2)c1)c1c(O)c2ccccc2c2occ(C(=O)O)c12. The van der Waals surface area contributed by atoms with E-state index in [4.69, 9.17) is 14.9 Å². The number of carboxylic acid groups (broad SMARTS) is 1. The van der Waals surface area contributed by atoms with Crippen molar-refractivity contribution in [1.82, 2.24) is 10.3 Å². The van der Waals surface area contributed by atoms with Crippen LogP contribution >= 0.6 is 0 Å². The van der Waals surface area contributed by atoms with Crippen LogP contribution in [0.4, 0.5) is 0 Å². The normalized spacial score (nSPS) is 15.1. The lowest BCUT2D eigenvalue weighted by atomic mass is 9.90. The second-order valence-corrected chi connectivity index (χ2v) is 9.03. The molecule has 1 aliphatic rings. The maximum Gasteiger partial charge on any atom is 0.339 e. The minimum Gasteiger partial charge on any atom is -0.507 e. The molecule has 2 heterocycles. The number of aromatic hydroxyl groups is 1. The maximum absolute atomic E-state index is 12.1. The first kappa shape index (κ1) is 23.1. The first-order valence-corrected chi connectivity index (χ1v) is 12.0. The molecule has 1 atom stereocenters. The lowest BCUT2D eigenvalue weighted by molar-refractivity contribution is 0.0698. The van der Waals surface area contributed by atoms with Crippen molar-refractivity contribution < 1.29 is 24.2 Å². The Hall–Kier alpha value is -3.62. The van der Waals surface area contributed by atoms with Crippen LogP contribution in [0.5, 0.6) is 11.6 Å². The number of nitrogens with one attached hydrogen (secondary N) is 1. The van der Waals surface area contributed by atoms with E-state index in [9.17, 15) is 15.0 Å². The molecule has 5 N–H and O–H groups in total. The van der Waals surface area contributed by atoms with E-state index >= 15 is 0 Å². The Kier molecular flexibility index (Phi) is 6.57. The molecule has 0 aliphatic heterocycles. The van der Waals surface area contributed by atoms with Crippen molar-refractivity contribution in [2.75, 3.05) is 19.7 Å². The summed E-state index contributed by atoms with van der Waals surface area (Å²) in [6.07, 6.45) is 7.70. The molecule has 182 valence electrons. The van der Waals surface area contributed by atoms with E-state index in [0.29, 0.717) is 58.8 Å². The van der Waals surface area contributed by atoms with E-state index in [2.05, 4.69) is 10.3 Å². The second kappa shape index (κ2) is 9.93. The van der Waals surface area contributed by atoms with Crippen molar-refractivity contribution in [1.29, 1.82) is 0 Å². The zero-order valence-corrected chi connectivity index (χ0v) is 19.4. The Labute approximate surface area is 202 Å². The van der Waals surface area contributed by atoms with Crippen molar-refractivity contribution in [3.8, 4) is 11.6 Å². The summed E-state index contributed by atoms with van der Waals surface area (Å²) in [5.74, 6) is -0.0970. The first-order chi connectivity index (χ1) is 17.1. The summed E-state index contributed by atoms with van der Waals surface area (Å²) >= 11 is 0. The second-order valence-electron chi connectivity index (χ2n) is 9.03. The van der Waals surface area contributed by atoms with E-state index in [0.717, 1.165) is 5.56 Å². The summed E-state index contributed by atoms with van der Waals surface area (Å²) in [6, 6.07) is 10.3. The van der Waals surface area contributed by atoms with Crippen LogP contribution in [0, 0.1) is 5.92 Å². The topological polar surface area (TPSA) is 131 Å². The van der Waals surface area contributed by atoms with Gasteiger partial charge in [-0.3, -0.25) is 0 Å². The van der Waals surface area contributed by atoms with Gasteiger partial charge in [-0.05, 0) is 30.4 Å². The molecular weight excluding hydrogens is 446 g/mol. The van der Waals surface area contributed by atoms with Crippen molar-refractivity contribution in [3.05, 3.63) is 65.5 Å². The molecule has 8 heteroatoms. The number of pyridine rings is 1. The molecule has 1 fully saturated rings. The fourth-order valence-corrected chi connectivity index (χ4v) is 5.09.